The van der Waals surface area contributed by atoms with Gasteiger partial charge in [-0.3, -0.25) is 11.7 Å². The average molecular weight is 92.2 g/mol. The van der Waals surface area contributed by atoms with Crippen molar-refractivity contribution in [2.75, 3.05) is 0 Å². The van der Waals surface area contributed by atoms with Crippen LogP contribution in [-0.2, 0) is 0 Å². The van der Waals surface area contributed by atoms with Gasteiger partial charge >= 0.3 is 0 Å². The molecule has 0 atom stereocenters. The van der Waals surface area contributed by atoms with Crippen molar-refractivity contribution in [1.82, 2.24) is 0 Å². The van der Waals surface area contributed by atoms with Crippen LogP contribution in [0.2, 0.25) is 13.1 Å². The van der Waals surface area contributed by atoms with E-state index >= 15 is 0 Å². The fourth-order valence-electron chi connectivity index (χ4n) is 0. The van der Waals surface area contributed by atoms with E-state index in [0.29, 0.717) is 9.52 Å². The summed E-state index contributed by atoms with van der Waals surface area (Å²) in [6.45, 7) is 4.53. The summed E-state index contributed by atoms with van der Waals surface area (Å²) in [5.74, 6) is 8.00. The molecule has 0 aromatic heterocycles. The third kappa shape index (κ3) is 1010. The van der Waals surface area contributed by atoms with Crippen LogP contribution in [0.4, 0.5) is 0 Å². The molecule has 5 heavy (non-hydrogen) atoms. The molecule has 0 fully saturated rings. The molecule has 0 aromatic carbocycles. The Bertz CT molecular complexity index is 7.61. The van der Waals surface area contributed by atoms with Crippen LogP contribution in [-0.4, -0.2) is 9.52 Å². The Morgan fingerprint density at radius 2 is 1.20 bits per heavy atom. The van der Waals surface area contributed by atoms with Gasteiger partial charge in [0, 0.05) is 9.52 Å². The van der Waals surface area contributed by atoms with E-state index < -0.39 is 0 Å². The smallest absolute Gasteiger partial charge is 0.0135 e. The molecule has 3 heteroatoms. The number of nitrogens with two attached hydrogens (primary N) is 2. The summed E-state index contributed by atoms with van der Waals surface area (Å²) in [7, 11) is 0.417. The highest BCUT2D eigenvalue weighted by molar-refractivity contribution is 6.31. The lowest BCUT2D eigenvalue weighted by atomic mass is 11.9. The Hall–Kier alpha value is 0.137. The second-order valence-corrected chi connectivity index (χ2v) is 2.12. The van der Waals surface area contributed by atoms with Gasteiger partial charge in [-0.25, -0.2) is 0 Å². The van der Waals surface area contributed by atoms with Crippen LogP contribution >= 0.6 is 0 Å². The van der Waals surface area contributed by atoms with E-state index in [1.54, 1.807) is 0 Å². The maximum Gasteiger partial charge on any atom is 0.0135 e. The Morgan fingerprint density at radius 3 is 1.20 bits per heavy atom. The molecule has 0 radical (unpaired) electrons. The predicted octanol–water partition coefficient (Wildman–Crippen LogP) is -0.930. The van der Waals surface area contributed by atoms with E-state index in [4.69, 9.17) is 0 Å². The van der Waals surface area contributed by atoms with E-state index in [9.17, 15) is 0 Å². The maximum absolute atomic E-state index is 4.00. The van der Waals surface area contributed by atoms with Gasteiger partial charge in [0.05, 0.1) is 0 Å². The number of hydrogen-bond donors (Lipinski definition) is 2. The monoisotopic (exact) mass is 92.1 g/mol. The van der Waals surface area contributed by atoms with Crippen LogP contribution < -0.4 is 11.7 Å². The molecule has 0 aliphatic carbocycles. The minimum Gasteiger partial charge on any atom is -0.274 e. The van der Waals surface area contributed by atoms with Gasteiger partial charge in [0.15, 0.2) is 0 Å². The van der Waals surface area contributed by atoms with Crippen LogP contribution in [0.5, 0.6) is 0 Å². The van der Waals surface area contributed by atoms with E-state index in [2.05, 4.69) is 24.8 Å². The van der Waals surface area contributed by atoms with E-state index in [0.717, 1.165) is 0 Å². The van der Waals surface area contributed by atoms with Gasteiger partial charge in [-0.05, 0) is 0 Å². The van der Waals surface area contributed by atoms with Gasteiger partial charge in [-0.1, -0.05) is 13.1 Å². The fraction of sp³-hybridized carbons (Fsp3) is 1.00. The molecule has 2 nitrogen and oxygen atoms in total. The molecule has 0 spiro atoms. The van der Waals surface area contributed by atoms with Gasteiger partial charge in [-0.15, -0.1) is 0 Å². The predicted molar refractivity (Wildman–Crippen MR) is 28.6 cm³/mol. The van der Waals surface area contributed by atoms with Crippen molar-refractivity contribution in [3.05, 3.63) is 0 Å². The van der Waals surface area contributed by atoms with Gasteiger partial charge < -0.3 is 0 Å². The SMILES string of the molecule is C[SiH2]C.NN. The minimum absolute atomic E-state index is 0.417. The first kappa shape index (κ1) is 8.93. The van der Waals surface area contributed by atoms with Crippen molar-refractivity contribution >= 4 is 9.52 Å². The Morgan fingerprint density at radius 1 is 1.20 bits per heavy atom. The molecule has 4 N–H and O–H groups in total. The Balaban J connectivity index is 0. The van der Waals surface area contributed by atoms with E-state index in [-0.39, 0.29) is 0 Å². The largest absolute Gasteiger partial charge is 0.274 e. The van der Waals surface area contributed by atoms with Crippen LogP contribution in [0.1, 0.15) is 0 Å². The van der Waals surface area contributed by atoms with Crippen molar-refractivity contribution in [1.29, 1.82) is 0 Å². The minimum atomic E-state index is 0.417. The van der Waals surface area contributed by atoms with Gasteiger partial charge in [-0.2, -0.15) is 0 Å². The third-order valence-corrected chi connectivity index (χ3v) is 0. The zero-order valence-electron chi connectivity index (χ0n) is 3.86. The van der Waals surface area contributed by atoms with Crippen molar-refractivity contribution in [2.45, 2.75) is 13.1 Å². The summed E-state index contributed by atoms with van der Waals surface area (Å²) in [5, 5.41) is 0. The first-order valence-corrected chi connectivity index (χ1v) is 4.58. The number of rotatable bonds is 0. The lowest BCUT2D eigenvalue weighted by Gasteiger charge is -1.45. The van der Waals surface area contributed by atoms with E-state index in [1.165, 1.54) is 0 Å². The lowest BCUT2D eigenvalue weighted by molar-refractivity contribution is 1.26. The van der Waals surface area contributed by atoms with Crippen molar-refractivity contribution in [3.8, 4) is 0 Å². The molecular weight excluding hydrogens is 80.1 g/mol. The molecule has 0 amide bonds. The summed E-state index contributed by atoms with van der Waals surface area (Å²) < 4.78 is 0. The van der Waals surface area contributed by atoms with Crippen molar-refractivity contribution in [2.24, 2.45) is 11.7 Å². The van der Waals surface area contributed by atoms with Gasteiger partial charge in [0.1, 0.15) is 0 Å². The summed E-state index contributed by atoms with van der Waals surface area (Å²) in [6.07, 6.45) is 0. The maximum atomic E-state index is 4.00. The highest BCUT2D eigenvalue weighted by Crippen LogP contribution is 1.36. The Kier molecular flexibility index (Phi) is 56.3. The summed E-state index contributed by atoms with van der Waals surface area (Å²) in [6, 6.07) is 0. The molecule has 0 bridgehead atoms. The highest BCUT2D eigenvalue weighted by atomic mass is 28.2. The zero-order valence-corrected chi connectivity index (χ0v) is 5.28. The van der Waals surface area contributed by atoms with Crippen LogP contribution in [0.15, 0.2) is 0 Å². The first-order chi connectivity index (χ1) is 2.41. The normalized spacial score (nSPS) is 4.80. The molecule has 0 aliphatic heterocycles. The topological polar surface area (TPSA) is 52.0 Å². The second-order valence-electron chi connectivity index (χ2n) is 0.707. The fourth-order valence-corrected chi connectivity index (χ4v) is 0. The van der Waals surface area contributed by atoms with Crippen LogP contribution in [0, 0.1) is 0 Å². The summed E-state index contributed by atoms with van der Waals surface area (Å²) in [5.41, 5.74) is 0. The molecule has 0 unspecified atom stereocenters. The average Bonchev–Trinajstić information content (AvgIpc) is 1.46. The van der Waals surface area contributed by atoms with Crippen molar-refractivity contribution in [3.63, 3.8) is 0 Å². The molecule has 0 heterocycles. The molecule has 0 saturated carbocycles. The van der Waals surface area contributed by atoms with Crippen molar-refractivity contribution < 1.29 is 0 Å². The molecule has 0 aliphatic rings. The van der Waals surface area contributed by atoms with Gasteiger partial charge in [0.2, 0.25) is 0 Å². The summed E-state index contributed by atoms with van der Waals surface area (Å²) in [4.78, 5) is 0. The first-order valence-electron chi connectivity index (χ1n) is 1.75. The molecule has 0 aromatic rings. The Labute approximate surface area is 35.3 Å². The molecule has 0 saturated heterocycles. The third-order valence-electron chi connectivity index (χ3n) is 0. The van der Waals surface area contributed by atoms with Gasteiger partial charge in [0.25, 0.3) is 0 Å². The van der Waals surface area contributed by atoms with Crippen LogP contribution in [0.3, 0.4) is 0 Å². The highest BCUT2D eigenvalue weighted by Gasteiger charge is 1.38. The summed E-state index contributed by atoms with van der Waals surface area (Å²) >= 11 is 0. The lowest BCUT2D eigenvalue weighted by Crippen LogP contribution is -2.02. The quantitative estimate of drug-likeness (QED) is 0.230. The molecule has 34 valence electrons. The second kappa shape index (κ2) is 31.5. The standard InChI is InChI=1S/C2H8Si.H4N2/c1-3-2;1-2/h3H2,1-2H3;1-2H2. The number of hydrogen-bond acceptors (Lipinski definition) is 2. The number of hydrazine groups is 1. The van der Waals surface area contributed by atoms with E-state index in [1.807, 2.05) is 0 Å². The van der Waals surface area contributed by atoms with Crippen LogP contribution in [0.25, 0.3) is 0 Å². The molecule has 0 rings (SSSR count). The zero-order chi connectivity index (χ0) is 4.71. The molecular formula is C2H12N2Si.